The zero-order chi connectivity index (χ0) is 16.7. The predicted molar refractivity (Wildman–Crippen MR) is 87.0 cm³/mol. The summed E-state index contributed by atoms with van der Waals surface area (Å²) in [5, 5.41) is 9.23. The molecule has 3 rings (SSSR count). The van der Waals surface area contributed by atoms with Gasteiger partial charge in [0, 0.05) is 18.3 Å². The Hall–Kier alpha value is -1.34. The molecular weight excluding hydrogens is 343 g/mol. The summed E-state index contributed by atoms with van der Waals surface area (Å²) in [5.41, 5.74) is 0.623. The Bertz CT molecular complexity index is 939. The first-order chi connectivity index (χ1) is 10.9. The summed E-state index contributed by atoms with van der Waals surface area (Å²) < 4.78 is 2.50. The zero-order valence-corrected chi connectivity index (χ0v) is 16.3. The fourth-order valence-corrected chi connectivity index (χ4v) is 3.22. The monoisotopic (exact) mass is 358 g/mol. The van der Waals surface area contributed by atoms with Gasteiger partial charge in [0.25, 0.3) is 5.56 Å². The SMILES string of the molecule is Cn1c2c(c(=O)n(-c3ccc(Cl)c(C(=O)O)c3)c1=O)CCCC2.[H-].[Na+]. The maximum Gasteiger partial charge on any atom is 1.00 e. The van der Waals surface area contributed by atoms with Crippen LogP contribution in [0.3, 0.4) is 0 Å². The van der Waals surface area contributed by atoms with Crippen LogP contribution in [0.1, 0.15) is 35.9 Å². The van der Waals surface area contributed by atoms with Crippen molar-refractivity contribution in [1.29, 1.82) is 0 Å². The van der Waals surface area contributed by atoms with E-state index in [1.165, 1.54) is 22.8 Å². The van der Waals surface area contributed by atoms with Crippen LogP contribution in [0.4, 0.5) is 0 Å². The van der Waals surface area contributed by atoms with Crippen LogP contribution in [0, 0.1) is 0 Å². The van der Waals surface area contributed by atoms with E-state index in [1.54, 1.807) is 7.05 Å². The van der Waals surface area contributed by atoms with E-state index in [2.05, 4.69) is 0 Å². The van der Waals surface area contributed by atoms with Crippen molar-refractivity contribution in [3.63, 3.8) is 0 Å². The van der Waals surface area contributed by atoms with Gasteiger partial charge < -0.3 is 11.1 Å². The molecule has 1 N–H and O–H groups in total. The molecule has 6 nitrogen and oxygen atoms in total. The Labute approximate surface area is 166 Å². The van der Waals surface area contributed by atoms with E-state index in [0.29, 0.717) is 18.4 Å². The summed E-state index contributed by atoms with van der Waals surface area (Å²) in [6.07, 6.45) is 3.19. The molecule has 122 valence electrons. The van der Waals surface area contributed by atoms with E-state index in [-0.39, 0.29) is 52.8 Å². The number of carboxylic acid groups (broad SMARTS) is 1. The van der Waals surface area contributed by atoms with Gasteiger partial charge >= 0.3 is 41.2 Å². The quantitative estimate of drug-likeness (QED) is 0.690. The molecular formula is C16H16ClN2NaO4. The molecule has 1 aliphatic carbocycles. The Kier molecular flexibility index (Phi) is 5.75. The second kappa shape index (κ2) is 7.27. The summed E-state index contributed by atoms with van der Waals surface area (Å²) in [7, 11) is 1.64. The van der Waals surface area contributed by atoms with Crippen molar-refractivity contribution in [1.82, 2.24) is 9.13 Å². The maximum atomic E-state index is 12.7. The third-order valence-corrected chi connectivity index (χ3v) is 4.55. The molecule has 1 aromatic heterocycles. The van der Waals surface area contributed by atoms with Gasteiger partial charge in [-0.05, 0) is 43.9 Å². The maximum absolute atomic E-state index is 12.7. The fourth-order valence-electron chi connectivity index (χ4n) is 3.02. The summed E-state index contributed by atoms with van der Waals surface area (Å²) in [4.78, 5) is 36.5. The number of benzene rings is 1. The molecule has 0 saturated heterocycles. The number of halogens is 1. The molecule has 24 heavy (non-hydrogen) atoms. The van der Waals surface area contributed by atoms with Crippen molar-refractivity contribution in [3.8, 4) is 5.69 Å². The van der Waals surface area contributed by atoms with E-state index in [4.69, 9.17) is 16.7 Å². The number of hydrogen-bond acceptors (Lipinski definition) is 3. The first-order valence-electron chi connectivity index (χ1n) is 7.29. The van der Waals surface area contributed by atoms with Crippen LogP contribution in [0.25, 0.3) is 5.69 Å². The first kappa shape index (κ1) is 19.0. The van der Waals surface area contributed by atoms with Gasteiger partial charge in [0.15, 0.2) is 0 Å². The van der Waals surface area contributed by atoms with E-state index >= 15 is 0 Å². The van der Waals surface area contributed by atoms with Gasteiger partial charge in [-0.2, -0.15) is 0 Å². The Morgan fingerprint density at radius 3 is 2.58 bits per heavy atom. The van der Waals surface area contributed by atoms with Crippen LogP contribution >= 0.6 is 11.6 Å². The number of hydrogen-bond donors (Lipinski definition) is 1. The van der Waals surface area contributed by atoms with Gasteiger partial charge in [0.2, 0.25) is 0 Å². The fraction of sp³-hybridized carbons (Fsp3) is 0.312. The van der Waals surface area contributed by atoms with Crippen molar-refractivity contribution in [2.24, 2.45) is 7.05 Å². The number of fused-ring (bicyclic) bond motifs is 1. The van der Waals surface area contributed by atoms with E-state index in [0.717, 1.165) is 23.1 Å². The average molecular weight is 359 g/mol. The molecule has 1 aromatic carbocycles. The number of rotatable bonds is 2. The van der Waals surface area contributed by atoms with Crippen LogP contribution in [0.15, 0.2) is 27.8 Å². The average Bonchev–Trinajstić information content (AvgIpc) is 2.54. The molecule has 0 radical (unpaired) electrons. The Morgan fingerprint density at radius 1 is 1.25 bits per heavy atom. The number of aromatic nitrogens is 2. The predicted octanol–water partition coefficient (Wildman–Crippen LogP) is -1.12. The molecule has 1 heterocycles. The summed E-state index contributed by atoms with van der Waals surface area (Å²) >= 11 is 5.85. The third-order valence-electron chi connectivity index (χ3n) is 4.22. The molecule has 0 bridgehead atoms. The van der Waals surface area contributed by atoms with Gasteiger partial charge in [0.05, 0.1) is 16.3 Å². The molecule has 0 aliphatic heterocycles. The van der Waals surface area contributed by atoms with Gasteiger partial charge in [-0.25, -0.2) is 14.2 Å². The minimum absolute atomic E-state index is 0. The van der Waals surface area contributed by atoms with Crippen LogP contribution in [-0.2, 0) is 19.9 Å². The van der Waals surface area contributed by atoms with Crippen LogP contribution in [0.5, 0.6) is 0 Å². The molecule has 1 aliphatic rings. The third kappa shape index (κ3) is 3.11. The van der Waals surface area contributed by atoms with E-state index in [1.807, 2.05) is 0 Å². The van der Waals surface area contributed by atoms with Crippen molar-refractivity contribution >= 4 is 17.6 Å². The van der Waals surface area contributed by atoms with E-state index < -0.39 is 11.7 Å². The summed E-state index contributed by atoms with van der Waals surface area (Å²) in [6.45, 7) is 0. The molecule has 0 spiro atoms. The van der Waals surface area contributed by atoms with Crippen molar-refractivity contribution < 1.29 is 40.9 Å². The first-order valence-corrected chi connectivity index (χ1v) is 7.66. The summed E-state index contributed by atoms with van der Waals surface area (Å²) in [5.74, 6) is -1.21. The molecule has 0 unspecified atom stereocenters. The van der Waals surface area contributed by atoms with Crippen LogP contribution in [0.2, 0.25) is 5.02 Å². The standard InChI is InChI=1S/C16H15ClN2O4.Na.H/c1-18-13-5-3-2-4-10(13)14(20)19(16(18)23)9-6-7-12(17)11(8-9)15(21)22;;/h6-8H,2-5H2,1H3,(H,21,22);;/q;+1;-1. The second-order valence-corrected chi connectivity index (χ2v) is 5.99. The molecule has 2 aromatic rings. The number of carboxylic acids is 1. The minimum Gasteiger partial charge on any atom is -1.00 e. The molecule has 0 saturated carbocycles. The van der Waals surface area contributed by atoms with Crippen LogP contribution < -0.4 is 40.8 Å². The number of nitrogens with zero attached hydrogens (tertiary/aromatic N) is 2. The molecule has 8 heteroatoms. The Morgan fingerprint density at radius 2 is 1.92 bits per heavy atom. The molecule has 0 atom stereocenters. The minimum atomic E-state index is -1.21. The van der Waals surface area contributed by atoms with Gasteiger partial charge in [-0.3, -0.25) is 4.79 Å². The normalized spacial score (nSPS) is 13.1. The van der Waals surface area contributed by atoms with Gasteiger partial charge in [-0.15, -0.1) is 0 Å². The van der Waals surface area contributed by atoms with Crippen LogP contribution in [-0.4, -0.2) is 20.2 Å². The topological polar surface area (TPSA) is 81.3 Å². The Balaban J connectivity index is 0.00000156. The van der Waals surface area contributed by atoms with Gasteiger partial charge in [-0.1, -0.05) is 11.6 Å². The smallest absolute Gasteiger partial charge is 1.00 e. The zero-order valence-electron chi connectivity index (χ0n) is 14.5. The van der Waals surface area contributed by atoms with Crippen molar-refractivity contribution in [2.45, 2.75) is 25.7 Å². The summed E-state index contributed by atoms with van der Waals surface area (Å²) in [6, 6.07) is 4.11. The molecule has 0 fully saturated rings. The number of carbonyl (C=O) groups is 1. The van der Waals surface area contributed by atoms with Gasteiger partial charge in [0.1, 0.15) is 0 Å². The largest absolute Gasteiger partial charge is 1.00 e. The number of aromatic carboxylic acids is 1. The molecule has 0 amide bonds. The van der Waals surface area contributed by atoms with E-state index in [9.17, 15) is 14.4 Å². The second-order valence-electron chi connectivity index (χ2n) is 5.58. The van der Waals surface area contributed by atoms with Crippen molar-refractivity contribution in [2.75, 3.05) is 0 Å². The van der Waals surface area contributed by atoms with Crippen molar-refractivity contribution in [3.05, 3.63) is 60.9 Å².